The molecule has 0 unspecified atom stereocenters. The van der Waals surface area contributed by atoms with Crippen molar-refractivity contribution >= 4 is 15.8 Å². The summed E-state index contributed by atoms with van der Waals surface area (Å²) in [5.41, 5.74) is 5.91. The molecule has 0 aromatic carbocycles. The second-order valence-corrected chi connectivity index (χ2v) is 4.95. The van der Waals surface area contributed by atoms with E-state index in [4.69, 9.17) is 5.73 Å². The van der Waals surface area contributed by atoms with Gasteiger partial charge in [0.2, 0.25) is 10.0 Å². The van der Waals surface area contributed by atoms with Crippen molar-refractivity contribution in [3.63, 3.8) is 0 Å². The first kappa shape index (κ1) is 12.5. The Balaban J connectivity index is 2.91. The molecule has 0 saturated carbocycles. The van der Waals surface area contributed by atoms with E-state index in [1.807, 2.05) is 0 Å². The molecular weight excluding hydrogens is 226 g/mol. The van der Waals surface area contributed by atoms with Gasteiger partial charge in [0.25, 0.3) is 0 Å². The van der Waals surface area contributed by atoms with Crippen molar-refractivity contribution in [1.82, 2.24) is 4.98 Å². The van der Waals surface area contributed by atoms with Gasteiger partial charge < -0.3 is 5.73 Å². The molecule has 0 amide bonds. The van der Waals surface area contributed by atoms with E-state index in [0.29, 0.717) is 5.56 Å². The number of nitrogens with zero attached hydrogens (tertiary/aromatic N) is 1. The first-order valence-electron chi connectivity index (χ1n) is 4.73. The summed E-state index contributed by atoms with van der Waals surface area (Å²) in [5.74, 6) is 5.76. The van der Waals surface area contributed by atoms with E-state index in [-0.39, 0.29) is 18.1 Å². The van der Waals surface area contributed by atoms with Crippen molar-refractivity contribution in [2.24, 2.45) is 5.73 Å². The van der Waals surface area contributed by atoms with E-state index < -0.39 is 10.0 Å². The summed E-state index contributed by atoms with van der Waals surface area (Å²) in [6, 6.07) is 3.25. The summed E-state index contributed by atoms with van der Waals surface area (Å²) in [4.78, 5) is 3.89. The maximum absolute atomic E-state index is 11.3. The van der Waals surface area contributed by atoms with Gasteiger partial charge in [-0.2, -0.15) is 0 Å². The van der Waals surface area contributed by atoms with Gasteiger partial charge in [0.05, 0.1) is 12.3 Å². The van der Waals surface area contributed by atoms with Gasteiger partial charge in [0.15, 0.2) is 0 Å². The molecule has 5 nitrogen and oxygen atoms in total. The van der Waals surface area contributed by atoms with Crippen LogP contribution in [0.2, 0.25) is 0 Å². The Morgan fingerprint density at radius 1 is 1.56 bits per heavy atom. The lowest BCUT2D eigenvalue weighted by molar-refractivity contribution is 0.602. The van der Waals surface area contributed by atoms with E-state index >= 15 is 0 Å². The Morgan fingerprint density at radius 3 is 2.94 bits per heavy atom. The summed E-state index contributed by atoms with van der Waals surface area (Å²) in [7, 11) is -3.30. The van der Waals surface area contributed by atoms with Crippen molar-refractivity contribution < 1.29 is 8.42 Å². The molecule has 0 saturated heterocycles. The lowest BCUT2D eigenvalue weighted by Crippen LogP contribution is -2.15. The molecule has 0 aliphatic carbocycles. The van der Waals surface area contributed by atoms with E-state index in [0.717, 1.165) is 0 Å². The van der Waals surface area contributed by atoms with Crippen molar-refractivity contribution in [3.8, 4) is 11.8 Å². The van der Waals surface area contributed by atoms with Crippen LogP contribution >= 0.6 is 0 Å². The summed E-state index contributed by atoms with van der Waals surface area (Å²) < 4.78 is 24.9. The van der Waals surface area contributed by atoms with E-state index in [2.05, 4.69) is 21.5 Å². The Hall–Kier alpha value is -1.58. The molecule has 6 heteroatoms. The minimum absolute atomic E-state index is 0.00733. The third kappa shape index (κ3) is 3.88. The molecule has 0 fully saturated rings. The fraction of sp³-hybridized carbons (Fsp3) is 0.300. The number of pyridine rings is 1. The number of nitrogens with two attached hydrogens (primary N) is 1. The Morgan fingerprint density at radius 2 is 2.31 bits per heavy atom. The summed E-state index contributed by atoms with van der Waals surface area (Å²) >= 11 is 0. The Bertz CT molecular complexity index is 514. The number of aromatic nitrogens is 1. The highest BCUT2D eigenvalue weighted by Gasteiger charge is 2.07. The molecule has 0 radical (unpaired) electrons. The van der Waals surface area contributed by atoms with Gasteiger partial charge in [-0.3, -0.25) is 4.72 Å². The first-order valence-corrected chi connectivity index (χ1v) is 6.38. The highest BCUT2D eigenvalue weighted by Crippen LogP contribution is 2.07. The molecule has 86 valence electrons. The number of hydrogen-bond donors (Lipinski definition) is 2. The molecule has 1 aromatic rings. The largest absolute Gasteiger partial charge is 0.320 e. The number of nitrogens with one attached hydrogen (secondary N) is 1. The number of sulfonamides is 1. The maximum Gasteiger partial charge on any atom is 0.233 e. The van der Waals surface area contributed by atoms with Crippen LogP contribution in [0.4, 0.5) is 5.82 Å². The molecule has 3 N–H and O–H groups in total. The van der Waals surface area contributed by atoms with Gasteiger partial charge in [-0.25, -0.2) is 13.4 Å². The third-order valence-corrected chi connectivity index (χ3v) is 3.02. The van der Waals surface area contributed by atoms with Crippen LogP contribution in [0.3, 0.4) is 0 Å². The number of hydrogen-bond acceptors (Lipinski definition) is 4. The van der Waals surface area contributed by atoms with E-state index in [9.17, 15) is 8.42 Å². The predicted molar refractivity (Wildman–Crippen MR) is 63.3 cm³/mol. The van der Waals surface area contributed by atoms with Gasteiger partial charge in [-0.05, 0) is 19.1 Å². The maximum atomic E-state index is 11.3. The van der Waals surface area contributed by atoms with Gasteiger partial charge in [-0.1, -0.05) is 11.8 Å². The molecule has 1 aromatic heterocycles. The highest BCUT2D eigenvalue weighted by atomic mass is 32.2. The normalized spacial score (nSPS) is 10.4. The molecule has 0 atom stereocenters. The van der Waals surface area contributed by atoms with Crippen LogP contribution in [-0.4, -0.2) is 25.7 Å². The fourth-order valence-corrected chi connectivity index (χ4v) is 1.52. The van der Waals surface area contributed by atoms with Gasteiger partial charge in [0, 0.05) is 11.8 Å². The average Bonchev–Trinajstić information content (AvgIpc) is 2.26. The van der Waals surface area contributed by atoms with Crippen molar-refractivity contribution in [2.75, 3.05) is 17.0 Å². The SMILES string of the molecule is CCS(=O)(=O)Nc1cc(C#CCN)ccn1. The lowest BCUT2D eigenvalue weighted by atomic mass is 10.2. The quantitative estimate of drug-likeness (QED) is 0.735. The van der Waals surface area contributed by atoms with Crippen LogP contribution in [-0.2, 0) is 10.0 Å². The molecule has 1 rings (SSSR count). The van der Waals surface area contributed by atoms with Gasteiger partial charge >= 0.3 is 0 Å². The molecule has 0 bridgehead atoms. The second kappa shape index (κ2) is 5.49. The van der Waals surface area contributed by atoms with Crippen LogP contribution in [0.25, 0.3) is 0 Å². The number of rotatable bonds is 3. The first-order chi connectivity index (χ1) is 7.57. The smallest absolute Gasteiger partial charge is 0.233 e. The predicted octanol–water partition coefficient (Wildman–Crippen LogP) is 0.153. The van der Waals surface area contributed by atoms with E-state index in [1.165, 1.54) is 6.20 Å². The van der Waals surface area contributed by atoms with Crippen LogP contribution < -0.4 is 10.5 Å². The third-order valence-electron chi connectivity index (χ3n) is 1.73. The Kier molecular flexibility index (Phi) is 4.28. The van der Waals surface area contributed by atoms with Crippen molar-refractivity contribution in [1.29, 1.82) is 0 Å². The monoisotopic (exact) mass is 239 g/mol. The standard InChI is InChI=1S/C10H13N3O2S/c1-2-16(14,15)13-10-8-9(4-3-6-11)5-7-12-10/h5,7-8H,2,6,11H2,1H3,(H,12,13). The molecule has 0 aliphatic rings. The van der Waals surface area contributed by atoms with E-state index in [1.54, 1.807) is 19.1 Å². The molecule has 0 spiro atoms. The van der Waals surface area contributed by atoms with Crippen molar-refractivity contribution in [3.05, 3.63) is 23.9 Å². The highest BCUT2D eigenvalue weighted by molar-refractivity contribution is 7.92. The zero-order valence-corrected chi connectivity index (χ0v) is 9.71. The van der Waals surface area contributed by atoms with Gasteiger partial charge in [-0.15, -0.1) is 0 Å². The van der Waals surface area contributed by atoms with Crippen LogP contribution in [0.5, 0.6) is 0 Å². The summed E-state index contributed by atoms with van der Waals surface area (Å²) in [6.07, 6.45) is 1.49. The lowest BCUT2D eigenvalue weighted by Gasteiger charge is -2.04. The van der Waals surface area contributed by atoms with Crippen molar-refractivity contribution in [2.45, 2.75) is 6.92 Å². The van der Waals surface area contributed by atoms with Crippen LogP contribution in [0.1, 0.15) is 12.5 Å². The minimum atomic E-state index is -3.30. The second-order valence-electron chi connectivity index (χ2n) is 2.94. The summed E-state index contributed by atoms with van der Waals surface area (Å²) in [5, 5.41) is 0. The Labute approximate surface area is 95.1 Å². The molecule has 1 heterocycles. The zero-order chi connectivity index (χ0) is 12.0. The minimum Gasteiger partial charge on any atom is -0.320 e. The van der Waals surface area contributed by atoms with Gasteiger partial charge in [0.1, 0.15) is 5.82 Å². The topological polar surface area (TPSA) is 85.1 Å². The van der Waals surface area contributed by atoms with Crippen LogP contribution in [0, 0.1) is 11.8 Å². The van der Waals surface area contributed by atoms with Crippen LogP contribution in [0.15, 0.2) is 18.3 Å². The average molecular weight is 239 g/mol. The fourth-order valence-electron chi connectivity index (χ4n) is 0.949. The number of anilines is 1. The molecular formula is C10H13N3O2S. The zero-order valence-electron chi connectivity index (χ0n) is 8.90. The molecule has 16 heavy (non-hydrogen) atoms. The summed E-state index contributed by atoms with van der Waals surface area (Å²) in [6.45, 7) is 1.82. The molecule has 0 aliphatic heterocycles.